The molecule has 0 aliphatic carbocycles. The molecule has 0 aromatic carbocycles. The molecule has 0 N–H and O–H groups in total. The van der Waals surface area contributed by atoms with Crippen LogP contribution in [0.1, 0.15) is 2.85 Å². The van der Waals surface area contributed by atoms with Gasteiger partial charge in [0.15, 0.2) is 17.4 Å². The summed E-state index contributed by atoms with van der Waals surface area (Å²) in [5, 5.41) is 0. The van der Waals surface area contributed by atoms with Crippen LogP contribution in [0.2, 0.25) is 0 Å². The van der Waals surface area contributed by atoms with Gasteiger partial charge in [-0.15, -0.1) is 0 Å². The first-order valence-corrected chi connectivity index (χ1v) is 0. The summed E-state index contributed by atoms with van der Waals surface area (Å²) < 4.78 is 0. The second-order valence-electron chi connectivity index (χ2n) is 0. The molecule has 0 atom stereocenters. The van der Waals surface area contributed by atoms with Crippen molar-refractivity contribution in [2.24, 2.45) is 0 Å². The third-order valence-electron chi connectivity index (χ3n) is 0. The van der Waals surface area contributed by atoms with Gasteiger partial charge in [0.05, 0.1) is 0 Å². The molecule has 0 heterocycles. The zero-order valence-corrected chi connectivity index (χ0v) is 5.42. The number of hydrogen-bond donors (Lipinski definition) is 0. The summed E-state index contributed by atoms with van der Waals surface area (Å²) >= 11 is 0. The zero-order chi connectivity index (χ0) is 0. The molecule has 0 saturated heterocycles. The van der Waals surface area contributed by atoms with Crippen molar-refractivity contribution in [2.45, 2.75) is 0 Å². The van der Waals surface area contributed by atoms with E-state index in [0.29, 0.717) is 0 Å². The zero-order valence-electron chi connectivity index (χ0n) is 3.51. The minimum atomic E-state index is 0. The quantitative estimate of drug-likeness (QED) is 0.387. The Morgan fingerprint density at radius 2 is 1.25 bits per heavy atom. The van der Waals surface area contributed by atoms with Crippen LogP contribution in [0.4, 0.5) is 0 Å². The molecular formula is H5AlFeMgV. The molecule has 0 nitrogen and oxygen atoms in total. The summed E-state index contributed by atoms with van der Waals surface area (Å²) in [5.74, 6) is 0. The first kappa shape index (κ1) is 32.4. The molecule has 0 amide bonds. The van der Waals surface area contributed by atoms with Crippen LogP contribution < -0.4 is 0 Å². The van der Waals surface area contributed by atoms with Gasteiger partial charge in [-0.2, -0.15) is 0 Å². The molecule has 4 heteroatoms. The smallest absolute Gasteiger partial charge is 1.00 e. The van der Waals surface area contributed by atoms with Crippen LogP contribution >= 0.6 is 0 Å². The Kier molecular flexibility index (Phi) is 147. The normalized spacial score (nSPS) is 0. The average molecular weight is 163 g/mol. The number of hydrogen-bond acceptors (Lipinski definition) is 0. The van der Waals surface area contributed by atoms with Gasteiger partial charge in [0, 0.05) is 35.6 Å². The molecule has 0 unspecified atom stereocenters. The summed E-state index contributed by atoms with van der Waals surface area (Å²) in [6, 6.07) is 0. The molecule has 0 spiro atoms. The Morgan fingerprint density at radius 3 is 1.25 bits per heavy atom. The Bertz CT molecular complexity index is 13.5. The van der Waals surface area contributed by atoms with E-state index in [2.05, 4.69) is 0 Å². The van der Waals surface area contributed by atoms with E-state index in [1.54, 1.807) is 0 Å². The van der Waals surface area contributed by atoms with E-state index in [9.17, 15) is 0 Å². The minimum Gasteiger partial charge on any atom is -1.00 e. The maximum atomic E-state index is 0. The molecule has 23 valence electrons. The van der Waals surface area contributed by atoms with Gasteiger partial charge in [-0.1, -0.05) is 0 Å². The molecule has 0 aromatic rings. The van der Waals surface area contributed by atoms with Gasteiger partial charge in [0.2, 0.25) is 0 Å². The van der Waals surface area contributed by atoms with E-state index in [-0.39, 0.29) is 78.9 Å². The molecule has 4 heavy (non-hydrogen) atoms. The minimum absolute atomic E-state index is 0. The van der Waals surface area contributed by atoms with Gasteiger partial charge in [0.25, 0.3) is 0 Å². The van der Waals surface area contributed by atoms with Crippen LogP contribution in [-0.2, 0) is 35.6 Å². The van der Waals surface area contributed by atoms with E-state index in [1.807, 2.05) is 0 Å². The summed E-state index contributed by atoms with van der Waals surface area (Å²) in [6.07, 6.45) is 0. The molecule has 0 aromatic heterocycles. The Hall–Kier alpha value is 2.40. The summed E-state index contributed by atoms with van der Waals surface area (Å²) in [4.78, 5) is 0. The van der Waals surface area contributed by atoms with Gasteiger partial charge >= 0.3 is 23.1 Å². The van der Waals surface area contributed by atoms with E-state index in [4.69, 9.17) is 0 Å². The van der Waals surface area contributed by atoms with Crippen molar-refractivity contribution in [1.82, 2.24) is 0 Å². The fourth-order valence-corrected chi connectivity index (χ4v) is 0. The molecule has 0 bridgehead atoms. The second-order valence-corrected chi connectivity index (χ2v) is 0. The van der Waals surface area contributed by atoms with Crippen LogP contribution in [-0.4, -0.2) is 40.4 Å². The van der Waals surface area contributed by atoms with Gasteiger partial charge in [0.1, 0.15) is 0 Å². The fourth-order valence-electron chi connectivity index (χ4n) is 0. The monoisotopic (exact) mass is 163 g/mol. The predicted octanol–water partition coefficient (Wildman–Crippen LogP) is -1.34. The maximum absolute atomic E-state index is 0. The third kappa shape index (κ3) is 8.83. The van der Waals surface area contributed by atoms with Gasteiger partial charge < -0.3 is 2.85 Å². The molecule has 0 fully saturated rings. The van der Waals surface area contributed by atoms with Crippen molar-refractivity contribution in [3.05, 3.63) is 0 Å². The SMILES string of the molecule is [AlH3].[Fe].[H-].[H-].[Mg+2].[V]. The van der Waals surface area contributed by atoms with Crippen LogP contribution in [0.25, 0.3) is 0 Å². The van der Waals surface area contributed by atoms with Crippen LogP contribution in [0.15, 0.2) is 0 Å². The van der Waals surface area contributed by atoms with E-state index in [0.717, 1.165) is 0 Å². The molecule has 0 saturated carbocycles. The van der Waals surface area contributed by atoms with Gasteiger partial charge in [-0.05, 0) is 0 Å². The standard InChI is InChI=1S/Al.Fe.Mg.V.5H/q;;+2;;;;;2*-1. The van der Waals surface area contributed by atoms with Crippen molar-refractivity contribution in [2.75, 3.05) is 0 Å². The van der Waals surface area contributed by atoms with Gasteiger partial charge in [-0.3, -0.25) is 0 Å². The Morgan fingerprint density at radius 1 is 1.25 bits per heavy atom. The molecule has 0 aliphatic rings. The predicted molar refractivity (Wildman–Crippen MR) is 17.9 cm³/mol. The summed E-state index contributed by atoms with van der Waals surface area (Å²) in [6.45, 7) is 0. The maximum Gasteiger partial charge on any atom is 2.00 e. The van der Waals surface area contributed by atoms with Gasteiger partial charge in [-0.25, -0.2) is 0 Å². The van der Waals surface area contributed by atoms with E-state index < -0.39 is 0 Å². The second kappa shape index (κ2) is 18.1. The topological polar surface area (TPSA) is 0 Å². The van der Waals surface area contributed by atoms with E-state index in [1.165, 1.54) is 0 Å². The van der Waals surface area contributed by atoms with Crippen molar-refractivity contribution >= 4 is 40.4 Å². The van der Waals surface area contributed by atoms with Crippen LogP contribution in [0.5, 0.6) is 0 Å². The summed E-state index contributed by atoms with van der Waals surface area (Å²) in [5.41, 5.74) is 0. The van der Waals surface area contributed by atoms with Crippen molar-refractivity contribution < 1.29 is 38.5 Å². The van der Waals surface area contributed by atoms with Crippen molar-refractivity contribution in [1.29, 1.82) is 0 Å². The molecule has 0 aliphatic heterocycles. The Labute approximate surface area is 78.1 Å². The summed E-state index contributed by atoms with van der Waals surface area (Å²) in [7, 11) is 0. The third-order valence-corrected chi connectivity index (χ3v) is 0. The fraction of sp³-hybridized carbons (Fsp3) is 0. The van der Waals surface area contributed by atoms with Crippen molar-refractivity contribution in [3.63, 3.8) is 0 Å². The van der Waals surface area contributed by atoms with E-state index >= 15 is 0 Å². The molecule has 0 rings (SSSR count). The molecular weight excluding hydrogens is 158 g/mol. The van der Waals surface area contributed by atoms with Crippen molar-refractivity contribution in [3.8, 4) is 0 Å². The Balaban J connectivity index is 0. The van der Waals surface area contributed by atoms with Crippen LogP contribution in [0.3, 0.4) is 0 Å². The first-order valence-electron chi connectivity index (χ1n) is 0. The largest absolute Gasteiger partial charge is 2.00 e. The average Bonchev–Trinajstić information content (AvgIpc) is 0. The molecule has 1 radical (unpaired) electrons. The number of rotatable bonds is 0. The van der Waals surface area contributed by atoms with Crippen LogP contribution in [0, 0.1) is 0 Å². The first-order chi connectivity index (χ1) is 0.